The molecule has 1 heterocycles. The van der Waals surface area contributed by atoms with Crippen LogP contribution < -0.4 is 10.2 Å². The quantitative estimate of drug-likeness (QED) is 0.710. The van der Waals surface area contributed by atoms with Gasteiger partial charge in [-0.05, 0) is 42.8 Å². The molecule has 2 aromatic carbocycles. The van der Waals surface area contributed by atoms with Crippen molar-refractivity contribution in [3.8, 4) is 0 Å². The van der Waals surface area contributed by atoms with Crippen molar-refractivity contribution in [3.05, 3.63) is 64.1 Å². The van der Waals surface area contributed by atoms with Crippen LogP contribution in [0.25, 0.3) is 0 Å². The number of benzene rings is 2. The number of carbonyl (C=O) groups is 1. The van der Waals surface area contributed by atoms with Gasteiger partial charge in [-0.25, -0.2) is 0 Å². The van der Waals surface area contributed by atoms with Crippen molar-refractivity contribution in [1.29, 1.82) is 0 Å². The first kappa shape index (κ1) is 20.0. The van der Waals surface area contributed by atoms with Gasteiger partial charge in [-0.2, -0.15) is 0 Å². The molecule has 0 aromatic heterocycles. The Morgan fingerprint density at radius 1 is 1.00 bits per heavy atom. The lowest BCUT2D eigenvalue weighted by atomic mass is 10.1. The third kappa shape index (κ3) is 6.13. The number of hydrogen-bond acceptors (Lipinski definition) is 3. The smallest absolute Gasteiger partial charge is 0.224 e. The second-order valence-corrected chi connectivity index (χ2v) is 7.62. The summed E-state index contributed by atoms with van der Waals surface area (Å²) < 4.78 is 0. The van der Waals surface area contributed by atoms with Crippen LogP contribution in [0.3, 0.4) is 0 Å². The van der Waals surface area contributed by atoms with Gasteiger partial charge in [0.15, 0.2) is 0 Å². The SMILES string of the molecule is O=C(Cc1ccc(Cl)cc1Cl)NCCCN1CCN(c2ccccc2)CC1. The molecule has 2 aromatic rings. The topological polar surface area (TPSA) is 35.6 Å². The van der Waals surface area contributed by atoms with Gasteiger partial charge in [-0.3, -0.25) is 9.69 Å². The molecular formula is C21H25Cl2N3O. The Labute approximate surface area is 171 Å². The molecule has 0 unspecified atom stereocenters. The van der Waals surface area contributed by atoms with Crippen LogP contribution in [0.15, 0.2) is 48.5 Å². The fraction of sp³-hybridized carbons (Fsp3) is 0.381. The van der Waals surface area contributed by atoms with Crippen molar-refractivity contribution in [2.45, 2.75) is 12.8 Å². The van der Waals surface area contributed by atoms with Gasteiger partial charge in [0, 0.05) is 48.5 Å². The summed E-state index contributed by atoms with van der Waals surface area (Å²) in [6.45, 7) is 5.90. The molecule has 0 radical (unpaired) electrons. The number of hydrogen-bond donors (Lipinski definition) is 1. The van der Waals surface area contributed by atoms with Crippen LogP contribution >= 0.6 is 23.2 Å². The average molecular weight is 406 g/mol. The van der Waals surface area contributed by atoms with Crippen molar-refractivity contribution in [2.75, 3.05) is 44.2 Å². The molecule has 1 saturated heterocycles. The number of halogens is 2. The second-order valence-electron chi connectivity index (χ2n) is 6.78. The number of nitrogens with one attached hydrogen (secondary N) is 1. The zero-order valence-corrected chi connectivity index (χ0v) is 16.8. The van der Waals surface area contributed by atoms with Gasteiger partial charge < -0.3 is 10.2 Å². The predicted molar refractivity (Wildman–Crippen MR) is 113 cm³/mol. The lowest BCUT2D eigenvalue weighted by Crippen LogP contribution is -2.47. The predicted octanol–water partition coefficient (Wildman–Crippen LogP) is 3.86. The summed E-state index contributed by atoms with van der Waals surface area (Å²) in [6, 6.07) is 15.8. The molecule has 0 spiro atoms. The summed E-state index contributed by atoms with van der Waals surface area (Å²) in [5.41, 5.74) is 2.10. The van der Waals surface area contributed by atoms with E-state index in [1.54, 1.807) is 18.2 Å². The van der Waals surface area contributed by atoms with E-state index >= 15 is 0 Å². The van der Waals surface area contributed by atoms with Crippen molar-refractivity contribution in [2.24, 2.45) is 0 Å². The average Bonchev–Trinajstić information content (AvgIpc) is 2.69. The van der Waals surface area contributed by atoms with Crippen molar-refractivity contribution in [3.63, 3.8) is 0 Å². The zero-order valence-electron chi connectivity index (χ0n) is 15.3. The minimum Gasteiger partial charge on any atom is -0.369 e. The third-order valence-corrected chi connectivity index (χ3v) is 5.42. The molecule has 27 heavy (non-hydrogen) atoms. The van der Waals surface area contributed by atoms with Gasteiger partial charge in [-0.1, -0.05) is 47.5 Å². The fourth-order valence-electron chi connectivity index (χ4n) is 3.30. The lowest BCUT2D eigenvalue weighted by molar-refractivity contribution is -0.120. The van der Waals surface area contributed by atoms with Crippen LogP contribution in [-0.2, 0) is 11.2 Å². The van der Waals surface area contributed by atoms with E-state index in [0.717, 1.165) is 44.7 Å². The van der Waals surface area contributed by atoms with Crippen molar-refractivity contribution in [1.82, 2.24) is 10.2 Å². The van der Waals surface area contributed by atoms with E-state index in [4.69, 9.17) is 23.2 Å². The van der Waals surface area contributed by atoms with Crippen molar-refractivity contribution >= 4 is 34.8 Å². The number of anilines is 1. The van der Waals surface area contributed by atoms with E-state index < -0.39 is 0 Å². The molecule has 1 amide bonds. The molecule has 144 valence electrons. The van der Waals surface area contributed by atoms with Gasteiger partial charge in [0.1, 0.15) is 0 Å². The van der Waals surface area contributed by atoms with E-state index in [0.29, 0.717) is 16.6 Å². The van der Waals surface area contributed by atoms with Crippen LogP contribution in [0, 0.1) is 0 Å². The summed E-state index contributed by atoms with van der Waals surface area (Å²) in [5.74, 6) is -0.00637. The Hall–Kier alpha value is -1.75. The van der Waals surface area contributed by atoms with E-state index in [-0.39, 0.29) is 12.3 Å². The molecule has 0 bridgehead atoms. The van der Waals surface area contributed by atoms with Gasteiger partial charge in [0.25, 0.3) is 0 Å². The number of rotatable bonds is 7. The van der Waals surface area contributed by atoms with Gasteiger partial charge in [-0.15, -0.1) is 0 Å². The van der Waals surface area contributed by atoms with Crippen LogP contribution in [0.1, 0.15) is 12.0 Å². The highest BCUT2D eigenvalue weighted by molar-refractivity contribution is 6.35. The van der Waals surface area contributed by atoms with E-state index in [1.165, 1.54) is 5.69 Å². The molecule has 4 nitrogen and oxygen atoms in total. The maximum atomic E-state index is 12.1. The first-order valence-corrected chi connectivity index (χ1v) is 10.1. The molecule has 1 aliphatic rings. The second kappa shape index (κ2) is 9.98. The van der Waals surface area contributed by atoms with Gasteiger partial charge in [0.05, 0.1) is 6.42 Å². The third-order valence-electron chi connectivity index (χ3n) is 4.83. The first-order chi connectivity index (χ1) is 13.1. The maximum absolute atomic E-state index is 12.1. The van der Waals surface area contributed by atoms with Gasteiger partial charge >= 0.3 is 0 Å². The van der Waals surface area contributed by atoms with Crippen LogP contribution in [0.2, 0.25) is 10.0 Å². The Kier molecular flexibility index (Phi) is 7.39. The Balaban J connectivity index is 1.32. The summed E-state index contributed by atoms with van der Waals surface area (Å²) in [5, 5.41) is 4.10. The monoisotopic (exact) mass is 405 g/mol. The summed E-state index contributed by atoms with van der Waals surface area (Å²) in [6.07, 6.45) is 1.23. The molecule has 6 heteroatoms. The van der Waals surface area contributed by atoms with Gasteiger partial charge in [0.2, 0.25) is 5.91 Å². The van der Waals surface area contributed by atoms with E-state index in [2.05, 4.69) is 45.4 Å². The Morgan fingerprint density at radius 3 is 2.44 bits per heavy atom. The molecule has 0 saturated carbocycles. The molecule has 0 atom stereocenters. The standard InChI is InChI=1S/C21H25Cl2N3O/c22-18-8-7-17(20(23)16-18)15-21(27)24-9-4-10-25-11-13-26(14-12-25)19-5-2-1-3-6-19/h1-3,5-8,16H,4,9-15H2,(H,24,27). The normalized spacial score (nSPS) is 15.0. The Morgan fingerprint density at radius 2 is 1.74 bits per heavy atom. The molecule has 1 N–H and O–H groups in total. The highest BCUT2D eigenvalue weighted by atomic mass is 35.5. The largest absolute Gasteiger partial charge is 0.369 e. The number of amides is 1. The summed E-state index contributed by atoms with van der Waals surface area (Å²) >= 11 is 12.0. The lowest BCUT2D eigenvalue weighted by Gasteiger charge is -2.36. The van der Waals surface area contributed by atoms with Crippen molar-refractivity contribution < 1.29 is 4.79 Å². The van der Waals surface area contributed by atoms with Crippen LogP contribution in [0.5, 0.6) is 0 Å². The minimum atomic E-state index is -0.00637. The zero-order chi connectivity index (χ0) is 19.1. The van der Waals surface area contributed by atoms with E-state index in [9.17, 15) is 4.79 Å². The molecule has 1 fully saturated rings. The summed E-state index contributed by atoms with van der Waals surface area (Å²) in [7, 11) is 0. The number of nitrogens with zero attached hydrogens (tertiary/aromatic N) is 2. The number of carbonyl (C=O) groups excluding carboxylic acids is 1. The van der Waals surface area contributed by atoms with Crippen LogP contribution in [0.4, 0.5) is 5.69 Å². The molecule has 0 aliphatic carbocycles. The minimum absolute atomic E-state index is 0.00637. The highest BCUT2D eigenvalue weighted by Crippen LogP contribution is 2.21. The molecule has 1 aliphatic heterocycles. The number of para-hydroxylation sites is 1. The summed E-state index contributed by atoms with van der Waals surface area (Å²) in [4.78, 5) is 17.0. The van der Waals surface area contributed by atoms with E-state index in [1.807, 2.05) is 0 Å². The maximum Gasteiger partial charge on any atom is 0.224 e. The number of piperazine rings is 1. The fourth-order valence-corrected chi connectivity index (χ4v) is 3.77. The molecule has 3 rings (SSSR count). The molecular weight excluding hydrogens is 381 g/mol. The van der Waals surface area contributed by atoms with Crippen LogP contribution in [-0.4, -0.2) is 50.1 Å². The Bertz CT molecular complexity index is 746. The highest BCUT2D eigenvalue weighted by Gasteiger charge is 2.16. The first-order valence-electron chi connectivity index (χ1n) is 9.35.